The molecule has 0 aliphatic heterocycles. The molecule has 0 aliphatic rings. The van der Waals surface area contributed by atoms with Crippen molar-refractivity contribution in [1.82, 2.24) is 4.98 Å². The molecule has 0 spiro atoms. The minimum atomic E-state index is 0.180. The zero-order valence-corrected chi connectivity index (χ0v) is 13.3. The normalized spacial score (nSPS) is 15.5. The van der Waals surface area contributed by atoms with E-state index in [1.165, 1.54) is 5.56 Å². The Morgan fingerprint density at radius 1 is 1.28 bits per heavy atom. The summed E-state index contributed by atoms with van der Waals surface area (Å²) in [6.07, 6.45) is 1.000. The predicted molar refractivity (Wildman–Crippen MR) is 81.1 cm³/mol. The van der Waals surface area contributed by atoms with E-state index in [2.05, 4.69) is 51.7 Å². The fourth-order valence-electron chi connectivity index (χ4n) is 2.12. The molecule has 2 nitrogen and oxygen atoms in total. The summed E-state index contributed by atoms with van der Waals surface area (Å²) in [5, 5.41) is 1.48. The van der Waals surface area contributed by atoms with E-state index in [0.717, 1.165) is 17.1 Å². The Bertz CT molecular complexity index is 376. The van der Waals surface area contributed by atoms with E-state index >= 15 is 0 Å². The maximum absolute atomic E-state index is 6.28. The molecule has 2 unspecified atom stereocenters. The lowest BCUT2D eigenvalue weighted by Crippen LogP contribution is -2.40. The van der Waals surface area contributed by atoms with Crippen molar-refractivity contribution in [3.05, 3.63) is 23.4 Å². The number of thioether (sulfide) groups is 1. The first kappa shape index (κ1) is 15.5. The molecule has 0 saturated carbocycles. The van der Waals surface area contributed by atoms with E-state index in [0.29, 0.717) is 5.25 Å². The van der Waals surface area contributed by atoms with Gasteiger partial charge in [0.15, 0.2) is 0 Å². The molecule has 0 aromatic carbocycles. The average molecular weight is 266 g/mol. The Morgan fingerprint density at radius 3 is 2.33 bits per heavy atom. The van der Waals surface area contributed by atoms with Gasteiger partial charge >= 0.3 is 0 Å². The molecule has 18 heavy (non-hydrogen) atoms. The molecular weight excluding hydrogens is 240 g/mol. The van der Waals surface area contributed by atoms with Crippen molar-refractivity contribution >= 4 is 11.8 Å². The second-order valence-corrected chi connectivity index (χ2v) is 7.26. The smallest absolute Gasteiger partial charge is 0.0969 e. The zero-order valence-electron chi connectivity index (χ0n) is 12.4. The lowest BCUT2D eigenvalue weighted by molar-refractivity contribution is 0.350. The van der Waals surface area contributed by atoms with E-state index in [4.69, 9.17) is 5.73 Å². The van der Waals surface area contributed by atoms with Gasteiger partial charge in [-0.25, -0.2) is 4.98 Å². The van der Waals surface area contributed by atoms with Gasteiger partial charge in [0.25, 0.3) is 0 Å². The summed E-state index contributed by atoms with van der Waals surface area (Å²) in [4.78, 5) is 4.61. The van der Waals surface area contributed by atoms with E-state index < -0.39 is 0 Å². The molecule has 1 aromatic heterocycles. The van der Waals surface area contributed by atoms with Crippen molar-refractivity contribution in [3.63, 3.8) is 0 Å². The summed E-state index contributed by atoms with van der Waals surface area (Å²) in [6, 6.07) is 4.46. The quantitative estimate of drug-likeness (QED) is 0.839. The Balaban J connectivity index is 2.96. The van der Waals surface area contributed by atoms with Crippen LogP contribution < -0.4 is 5.73 Å². The van der Waals surface area contributed by atoms with Crippen LogP contribution in [0, 0.1) is 19.3 Å². The molecule has 0 radical (unpaired) electrons. The van der Waals surface area contributed by atoms with Crippen LogP contribution in [0.1, 0.15) is 45.4 Å². The molecule has 2 atom stereocenters. The van der Waals surface area contributed by atoms with E-state index in [9.17, 15) is 0 Å². The van der Waals surface area contributed by atoms with Gasteiger partial charge in [-0.1, -0.05) is 27.7 Å². The molecule has 0 saturated heterocycles. The topological polar surface area (TPSA) is 38.9 Å². The zero-order chi connectivity index (χ0) is 13.9. The van der Waals surface area contributed by atoms with Crippen LogP contribution in [-0.4, -0.2) is 16.3 Å². The number of rotatable bonds is 4. The van der Waals surface area contributed by atoms with Gasteiger partial charge in [0, 0.05) is 17.0 Å². The Labute approximate surface area is 116 Å². The number of aryl methyl sites for hydroxylation is 2. The lowest BCUT2D eigenvalue weighted by Gasteiger charge is -2.34. The summed E-state index contributed by atoms with van der Waals surface area (Å²) in [5.74, 6) is 0. The largest absolute Gasteiger partial charge is 0.327 e. The predicted octanol–water partition coefficient (Wildman–Crippen LogP) is 3.94. The Kier molecular flexibility index (Phi) is 5.23. The molecule has 0 fully saturated rings. The molecule has 2 N–H and O–H groups in total. The van der Waals surface area contributed by atoms with Gasteiger partial charge in [-0.2, -0.15) is 0 Å². The highest BCUT2D eigenvalue weighted by Gasteiger charge is 2.30. The maximum atomic E-state index is 6.28. The van der Waals surface area contributed by atoms with Crippen LogP contribution in [-0.2, 0) is 0 Å². The van der Waals surface area contributed by atoms with Crippen LogP contribution in [0.2, 0.25) is 0 Å². The van der Waals surface area contributed by atoms with Gasteiger partial charge in [0.05, 0.1) is 5.03 Å². The molecule has 102 valence electrons. The van der Waals surface area contributed by atoms with Crippen LogP contribution in [0.25, 0.3) is 0 Å². The van der Waals surface area contributed by atoms with E-state index in [1.807, 2.05) is 18.7 Å². The molecule has 0 bridgehead atoms. The summed E-state index contributed by atoms with van der Waals surface area (Å²) in [6.45, 7) is 13.1. The standard InChI is InChI=1S/C15H26N2S/c1-7-12(16)14(15(4,5)6)18-13-9-10(2)8-11(3)17-13/h8-9,12,14H,7,16H2,1-6H3. The molecule has 1 aromatic rings. The van der Waals surface area contributed by atoms with Crippen molar-refractivity contribution in [2.75, 3.05) is 0 Å². The fraction of sp³-hybridized carbons (Fsp3) is 0.667. The van der Waals surface area contributed by atoms with E-state index in [1.54, 1.807) is 0 Å². The van der Waals surface area contributed by atoms with Crippen molar-refractivity contribution in [2.24, 2.45) is 11.1 Å². The van der Waals surface area contributed by atoms with E-state index in [-0.39, 0.29) is 11.5 Å². The molecule has 0 amide bonds. The average Bonchev–Trinajstić information content (AvgIpc) is 2.22. The highest BCUT2D eigenvalue weighted by atomic mass is 32.2. The van der Waals surface area contributed by atoms with Gasteiger partial charge in [-0.3, -0.25) is 0 Å². The van der Waals surface area contributed by atoms with Gasteiger partial charge in [-0.15, -0.1) is 11.8 Å². The molecule has 3 heteroatoms. The third kappa shape index (κ3) is 4.29. The SMILES string of the molecule is CCC(N)C(Sc1cc(C)cc(C)n1)C(C)(C)C. The first-order valence-corrected chi connectivity index (χ1v) is 7.49. The maximum Gasteiger partial charge on any atom is 0.0969 e. The van der Waals surface area contributed by atoms with Gasteiger partial charge in [-0.05, 0) is 43.4 Å². The highest BCUT2D eigenvalue weighted by molar-refractivity contribution is 8.00. The second-order valence-electron chi connectivity index (χ2n) is 6.10. The third-order valence-corrected chi connectivity index (χ3v) is 4.80. The Morgan fingerprint density at radius 2 is 1.89 bits per heavy atom. The van der Waals surface area contributed by atoms with Crippen molar-refractivity contribution in [3.8, 4) is 0 Å². The summed E-state index contributed by atoms with van der Waals surface area (Å²) in [7, 11) is 0. The summed E-state index contributed by atoms with van der Waals surface area (Å²) >= 11 is 1.82. The number of hydrogen-bond acceptors (Lipinski definition) is 3. The number of aromatic nitrogens is 1. The molecule has 1 heterocycles. The lowest BCUT2D eigenvalue weighted by atomic mass is 9.87. The van der Waals surface area contributed by atoms with Crippen LogP contribution in [0.5, 0.6) is 0 Å². The van der Waals surface area contributed by atoms with Gasteiger partial charge in [0.1, 0.15) is 0 Å². The number of pyridine rings is 1. The first-order valence-electron chi connectivity index (χ1n) is 6.61. The van der Waals surface area contributed by atoms with Crippen LogP contribution in [0.4, 0.5) is 0 Å². The van der Waals surface area contributed by atoms with Crippen LogP contribution >= 0.6 is 11.8 Å². The molecule has 1 rings (SSSR count). The third-order valence-electron chi connectivity index (χ3n) is 3.04. The minimum absolute atomic E-state index is 0.180. The van der Waals surface area contributed by atoms with Crippen molar-refractivity contribution in [2.45, 2.75) is 64.3 Å². The monoisotopic (exact) mass is 266 g/mol. The van der Waals surface area contributed by atoms with Crippen molar-refractivity contribution in [1.29, 1.82) is 0 Å². The second kappa shape index (κ2) is 6.07. The fourth-order valence-corrected chi connectivity index (χ4v) is 3.55. The molecular formula is C15H26N2S. The first-order chi connectivity index (χ1) is 8.24. The minimum Gasteiger partial charge on any atom is -0.327 e. The highest BCUT2D eigenvalue weighted by Crippen LogP contribution is 2.37. The van der Waals surface area contributed by atoms with Gasteiger partial charge in [0.2, 0.25) is 0 Å². The number of nitrogens with zero attached hydrogens (tertiary/aromatic N) is 1. The van der Waals surface area contributed by atoms with Crippen molar-refractivity contribution < 1.29 is 0 Å². The molecule has 0 aliphatic carbocycles. The summed E-state index contributed by atoms with van der Waals surface area (Å²) < 4.78 is 0. The van der Waals surface area contributed by atoms with Gasteiger partial charge < -0.3 is 5.73 Å². The number of nitrogens with two attached hydrogens (primary N) is 1. The van der Waals surface area contributed by atoms with Crippen LogP contribution in [0.3, 0.4) is 0 Å². The number of hydrogen-bond donors (Lipinski definition) is 1. The Hall–Kier alpha value is -0.540. The van der Waals surface area contributed by atoms with Crippen LogP contribution in [0.15, 0.2) is 17.2 Å². The summed E-state index contributed by atoms with van der Waals surface area (Å²) in [5.41, 5.74) is 8.80.